The fourth-order valence-corrected chi connectivity index (χ4v) is 8.09. The van der Waals surface area contributed by atoms with E-state index in [1.807, 2.05) is 48.5 Å². The summed E-state index contributed by atoms with van der Waals surface area (Å²) in [4.78, 5) is 41.0. The minimum absolute atomic E-state index is 0.0187. The maximum absolute atomic E-state index is 13.4. The molecule has 0 unspecified atom stereocenters. The van der Waals surface area contributed by atoms with E-state index in [1.165, 1.54) is 24.3 Å². The fourth-order valence-electron chi connectivity index (χ4n) is 7.87. The normalized spacial score (nSPS) is 13.5. The van der Waals surface area contributed by atoms with Crippen LogP contribution in [0.1, 0.15) is 56.6 Å². The van der Waals surface area contributed by atoms with Crippen molar-refractivity contribution in [2.24, 2.45) is 0 Å². The van der Waals surface area contributed by atoms with E-state index in [1.54, 1.807) is 35.2 Å². The summed E-state index contributed by atoms with van der Waals surface area (Å²) in [5.74, 6) is 6.06. The molecule has 0 aromatic heterocycles. The molecule has 2 amide bonds. The number of thiocarbonyl (C=S) groups is 1. The summed E-state index contributed by atoms with van der Waals surface area (Å²) in [6.07, 6.45) is 0.133. The van der Waals surface area contributed by atoms with Gasteiger partial charge in [0.1, 0.15) is 23.0 Å². The summed E-state index contributed by atoms with van der Waals surface area (Å²) in [6, 6.07) is 29.8. The lowest BCUT2D eigenvalue weighted by Gasteiger charge is -2.36. The summed E-state index contributed by atoms with van der Waals surface area (Å²) in [5, 5.41) is 29.6. The van der Waals surface area contributed by atoms with Crippen LogP contribution in [0.5, 0.6) is 23.0 Å². The number of aromatic hydroxyl groups is 2. The molecule has 0 saturated heterocycles. The number of carbonyl (C=O) groups is 3. The highest BCUT2D eigenvalue weighted by atomic mass is 32.1. The molecule has 0 bridgehead atoms. The van der Waals surface area contributed by atoms with Gasteiger partial charge in [-0.05, 0) is 72.4 Å². The first kappa shape index (κ1) is 45.6. The van der Waals surface area contributed by atoms with Crippen LogP contribution in [0.3, 0.4) is 0 Å². The lowest BCUT2D eigenvalue weighted by molar-refractivity contribution is -0.125. The lowest BCUT2D eigenvalue weighted by atomic mass is 9.77. The van der Waals surface area contributed by atoms with Crippen molar-refractivity contribution in [3.05, 3.63) is 142 Å². The number of ether oxygens (including phenoxy) is 6. The van der Waals surface area contributed by atoms with Crippen molar-refractivity contribution in [1.82, 2.24) is 10.6 Å². The van der Waals surface area contributed by atoms with Crippen LogP contribution in [0.2, 0.25) is 0 Å². The summed E-state index contributed by atoms with van der Waals surface area (Å²) >= 11 is 5.47. The Morgan fingerprint density at radius 2 is 1.26 bits per heavy atom. The van der Waals surface area contributed by atoms with Gasteiger partial charge < -0.3 is 59.5 Å². The smallest absolute Gasteiger partial charge is 0.340 e. The van der Waals surface area contributed by atoms with Gasteiger partial charge in [0, 0.05) is 71.6 Å². The van der Waals surface area contributed by atoms with Crippen molar-refractivity contribution < 1.29 is 53.0 Å². The van der Waals surface area contributed by atoms with Gasteiger partial charge in [0.05, 0.1) is 70.7 Å². The van der Waals surface area contributed by atoms with Crippen LogP contribution >= 0.6 is 12.2 Å². The number of phenolic OH excluding ortho intramolecular Hbond substituents is 2. The van der Waals surface area contributed by atoms with E-state index in [0.717, 1.165) is 22.4 Å². The molecule has 3 aliphatic heterocycles. The van der Waals surface area contributed by atoms with Crippen molar-refractivity contribution in [3.63, 3.8) is 0 Å². The molecule has 16 heteroatoms. The number of benzene rings is 5. The summed E-state index contributed by atoms with van der Waals surface area (Å²) in [5.41, 5.74) is 4.59. The monoisotopic (exact) mass is 912 g/mol. The van der Waals surface area contributed by atoms with Crippen LogP contribution in [0, 0.1) is 11.8 Å². The molecule has 8 rings (SSSR count). The molecular formula is C50H48N4O11S. The van der Waals surface area contributed by atoms with Crippen molar-refractivity contribution >= 4 is 46.5 Å². The predicted octanol–water partition coefficient (Wildman–Crippen LogP) is 5.86. The van der Waals surface area contributed by atoms with Gasteiger partial charge in [-0.2, -0.15) is 0 Å². The Bertz CT molecular complexity index is 2630. The van der Waals surface area contributed by atoms with E-state index in [-0.39, 0.29) is 36.2 Å². The third-order valence-electron chi connectivity index (χ3n) is 11.0. The van der Waals surface area contributed by atoms with Gasteiger partial charge in [0.25, 0.3) is 0 Å². The van der Waals surface area contributed by atoms with E-state index < -0.39 is 11.6 Å². The molecule has 3 aliphatic rings. The minimum atomic E-state index is -1.35. The van der Waals surface area contributed by atoms with Crippen LogP contribution < -0.4 is 25.6 Å². The molecule has 0 saturated carbocycles. The highest BCUT2D eigenvalue weighted by molar-refractivity contribution is 7.80. The zero-order chi connectivity index (χ0) is 45.9. The average Bonchev–Trinajstić information content (AvgIpc) is 3.59. The predicted molar refractivity (Wildman–Crippen MR) is 248 cm³/mol. The number of fused-ring (bicyclic) bond motifs is 8. The van der Waals surface area contributed by atoms with Crippen molar-refractivity contribution in [2.75, 3.05) is 76.2 Å². The highest BCUT2D eigenvalue weighted by Gasteiger charge is 2.53. The Balaban J connectivity index is 0.649. The molecular weight excluding hydrogens is 865 g/mol. The fraction of sp³-hybridized carbons (Fsp3) is 0.280. The second-order valence-corrected chi connectivity index (χ2v) is 15.8. The van der Waals surface area contributed by atoms with Crippen LogP contribution in [0.25, 0.3) is 0 Å². The third kappa shape index (κ3) is 10.6. The van der Waals surface area contributed by atoms with Crippen molar-refractivity contribution in [3.8, 4) is 34.8 Å². The summed E-state index contributed by atoms with van der Waals surface area (Å²) in [7, 11) is 0. The van der Waals surface area contributed by atoms with E-state index in [4.69, 9.17) is 40.6 Å². The summed E-state index contributed by atoms with van der Waals surface area (Å²) < 4.78 is 34.5. The maximum atomic E-state index is 13.4. The Labute approximate surface area is 386 Å². The molecule has 0 fully saturated rings. The van der Waals surface area contributed by atoms with E-state index in [9.17, 15) is 24.6 Å². The maximum Gasteiger partial charge on any atom is 0.340 e. The van der Waals surface area contributed by atoms with Crippen LogP contribution in [-0.2, 0) is 45.4 Å². The highest BCUT2D eigenvalue weighted by Crippen LogP contribution is 2.57. The number of esters is 1. The number of nitrogens with zero attached hydrogens (tertiary/aromatic N) is 1. The zero-order valence-corrected chi connectivity index (χ0v) is 36.7. The number of anilines is 2. The first-order valence-electron chi connectivity index (χ1n) is 21.5. The molecule has 0 aliphatic carbocycles. The number of hydrogen-bond acceptors (Lipinski definition) is 12. The third-order valence-corrected chi connectivity index (χ3v) is 11.2. The second-order valence-electron chi connectivity index (χ2n) is 15.4. The number of rotatable bonds is 19. The number of amides is 2. The topological polar surface area (TPSA) is 186 Å². The Morgan fingerprint density at radius 3 is 1.94 bits per heavy atom. The number of hydrogen-bond donors (Lipinski definition) is 5. The molecule has 5 aromatic carbocycles. The molecule has 66 heavy (non-hydrogen) atoms. The number of nitrogens with one attached hydrogen (secondary N) is 3. The number of carbonyl (C=O) groups excluding carboxylic acids is 3. The number of phenols is 2. The first-order valence-corrected chi connectivity index (χ1v) is 21.9. The van der Waals surface area contributed by atoms with Gasteiger partial charge in [-0.25, -0.2) is 4.79 Å². The van der Waals surface area contributed by atoms with Gasteiger partial charge in [-0.1, -0.05) is 48.2 Å². The van der Waals surface area contributed by atoms with Gasteiger partial charge in [0.2, 0.25) is 11.8 Å². The molecule has 340 valence electrons. The lowest BCUT2D eigenvalue weighted by Crippen LogP contribution is -2.34. The Kier molecular flexibility index (Phi) is 14.7. The van der Waals surface area contributed by atoms with Crippen molar-refractivity contribution in [2.45, 2.75) is 25.0 Å². The van der Waals surface area contributed by atoms with Crippen LogP contribution in [-0.4, -0.2) is 99.1 Å². The van der Waals surface area contributed by atoms with Gasteiger partial charge in [-0.3, -0.25) is 9.59 Å². The molecule has 5 N–H and O–H groups in total. The Hall–Kier alpha value is -7.00. The van der Waals surface area contributed by atoms with E-state index >= 15 is 0 Å². The van der Waals surface area contributed by atoms with Crippen molar-refractivity contribution in [1.29, 1.82) is 0 Å². The van der Waals surface area contributed by atoms with Gasteiger partial charge >= 0.3 is 5.97 Å². The van der Waals surface area contributed by atoms with Gasteiger partial charge in [0.15, 0.2) is 10.7 Å². The quantitative estimate of drug-likeness (QED) is 0.0287. The first-order chi connectivity index (χ1) is 32.2. The molecule has 0 atom stereocenters. The second kappa shape index (κ2) is 21.3. The number of para-hydroxylation sites is 1. The molecule has 3 heterocycles. The SMILES string of the molecule is O=C(CCC(=O)N1Cc2ccccc2C#Cc2ccccc21)NCCOCCOCCOCCOCCNC(=S)Nc1ccc2c(c1)C(=O)OC21c2ccc(O)cc2Oc2cc(O)ccc21. The van der Waals surface area contributed by atoms with Gasteiger partial charge in [-0.15, -0.1) is 0 Å². The molecule has 0 radical (unpaired) electrons. The molecule has 1 spiro atoms. The largest absolute Gasteiger partial charge is 0.508 e. The van der Waals surface area contributed by atoms with E-state index in [2.05, 4.69) is 27.8 Å². The van der Waals surface area contributed by atoms with Crippen LogP contribution in [0.4, 0.5) is 11.4 Å². The summed E-state index contributed by atoms with van der Waals surface area (Å²) in [6.45, 7) is 4.11. The zero-order valence-electron chi connectivity index (χ0n) is 35.9. The standard InChI is InChI=1S/C50H48N4O11S/c55-37-12-15-41-44(30-37)64-45-31-38(56)13-16-42(45)50(41)40-14-11-36(29-39(40)48(59)65-50)53-49(66)52-20-22-61-24-26-63-28-27-62-25-23-60-21-19-51-46(57)17-18-47(58)54-32-35-7-2-1-5-33(35)9-10-34-6-3-4-8-43(34)54/h1-8,11-16,29-31,55-56H,17-28,32H2,(H,51,57)(H2,52,53,66). The average molecular weight is 913 g/mol. The molecule has 5 aromatic rings. The van der Waals surface area contributed by atoms with E-state index in [0.29, 0.717) is 117 Å². The Morgan fingerprint density at radius 1 is 0.682 bits per heavy atom. The molecule has 15 nitrogen and oxygen atoms in total. The van der Waals surface area contributed by atoms with Crippen LogP contribution in [0.15, 0.2) is 103 Å². The minimum Gasteiger partial charge on any atom is -0.508 e.